The van der Waals surface area contributed by atoms with E-state index in [0.717, 1.165) is 11.6 Å². The number of nitro benzene ring substituents is 1. The van der Waals surface area contributed by atoms with Gasteiger partial charge in [-0.15, -0.1) is 0 Å². The monoisotopic (exact) mass is 307 g/mol. The lowest BCUT2D eigenvalue weighted by Gasteiger charge is -2.10. The molecule has 0 bridgehead atoms. The molecule has 0 fully saturated rings. The number of benzene rings is 2. The first-order valence-electron chi connectivity index (χ1n) is 5.84. The Balaban J connectivity index is 2.39. The van der Waals surface area contributed by atoms with E-state index < -0.39 is 10.9 Å². The van der Waals surface area contributed by atoms with Crippen molar-refractivity contribution >= 4 is 23.3 Å². The Bertz CT molecular complexity index is 729. The molecule has 0 heterocycles. The summed E-state index contributed by atoms with van der Waals surface area (Å²) in [5.41, 5.74) is 0.591. The van der Waals surface area contributed by atoms with Crippen LogP contribution < -0.4 is 4.74 Å². The number of ether oxygens (including phenoxy) is 1. The number of hydrogen-bond donors (Lipinski definition) is 1. The quantitative estimate of drug-likeness (QED) is 0.680. The number of rotatable bonds is 4. The van der Waals surface area contributed by atoms with E-state index in [1.807, 2.05) is 0 Å². The van der Waals surface area contributed by atoms with E-state index in [4.69, 9.17) is 21.4 Å². The average Bonchev–Trinajstić information content (AvgIpc) is 2.42. The Labute approximate surface area is 124 Å². The van der Waals surface area contributed by atoms with Crippen molar-refractivity contribution < 1.29 is 19.6 Å². The number of hydrogen-bond acceptors (Lipinski definition) is 4. The Hall–Kier alpha value is -2.60. The Morgan fingerprint density at radius 2 is 1.90 bits per heavy atom. The summed E-state index contributed by atoms with van der Waals surface area (Å²) in [4.78, 5) is 21.2. The van der Waals surface area contributed by atoms with Crippen LogP contribution in [0.4, 0.5) is 5.69 Å². The smallest absolute Gasteiger partial charge is 0.339 e. The van der Waals surface area contributed by atoms with Gasteiger partial charge in [-0.05, 0) is 25.1 Å². The number of nitrogens with zero attached hydrogens (tertiary/aromatic N) is 1. The molecule has 0 aliphatic carbocycles. The van der Waals surface area contributed by atoms with Gasteiger partial charge in [-0.2, -0.15) is 0 Å². The van der Waals surface area contributed by atoms with Gasteiger partial charge in [0.05, 0.1) is 9.95 Å². The molecule has 108 valence electrons. The summed E-state index contributed by atoms with van der Waals surface area (Å²) in [5, 5.41) is 19.8. The van der Waals surface area contributed by atoms with Crippen LogP contribution in [0.25, 0.3) is 0 Å². The van der Waals surface area contributed by atoms with Gasteiger partial charge >= 0.3 is 5.97 Å². The molecule has 0 aromatic heterocycles. The summed E-state index contributed by atoms with van der Waals surface area (Å²) in [6.45, 7) is 1.76. The van der Waals surface area contributed by atoms with Crippen LogP contribution in [0.3, 0.4) is 0 Å². The van der Waals surface area contributed by atoms with Crippen molar-refractivity contribution in [2.45, 2.75) is 6.92 Å². The normalized spacial score (nSPS) is 10.2. The number of non-ortho nitro benzene ring substituents is 1. The van der Waals surface area contributed by atoms with E-state index in [0.29, 0.717) is 0 Å². The van der Waals surface area contributed by atoms with Gasteiger partial charge in [-0.3, -0.25) is 10.1 Å². The molecular weight excluding hydrogens is 298 g/mol. The molecule has 0 spiro atoms. The predicted octanol–water partition coefficient (Wildman–Crippen LogP) is 4.05. The molecule has 0 atom stereocenters. The second kappa shape index (κ2) is 5.80. The van der Waals surface area contributed by atoms with Crippen LogP contribution in [0, 0.1) is 17.0 Å². The van der Waals surface area contributed by atoms with Gasteiger partial charge in [0.2, 0.25) is 0 Å². The van der Waals surface area contributed by atoms with Crippen LogP contribution in [-0.2, 0) is 0 Å². The lowest BCUT2D eigenvalue weighted by Crippen LogP contribution is -2.01. The zero-order valence-electron chi connectivity index (χ0n) is 10.9. The van der Waals surface area contributed by atoms with Crippen molar-refractivity contribution in [2.24, 2.45) is 0 Å². The second-order valence-corrected chi connectivity index (χ2v) is 4.69. The predicted molar refractivity (Wildman–Crippen MR) is 76.3 cm³/mol. The fraction of sp³-hybridized carbons (Fsp3) is 0.0714. The highest BCUT2D eigenvalue weighted by Gasteiger charge is 2.15. The molecule has 0 unspecified atom stereocenters. The maximum Gasteiger partial charge on any atom is 0.339 e. The van der Waals surface area contributed by atoms with Gasteiger partial charge in [0.15, 0.2) is 0 Å². The number of aryl methyl sites for hydroxylation is 1. The molecule has 7 heteroatoms. The molecular formula is C14H10ClNO5. The first kappa shape index (κ1) is 14.8. The molecule has 2 aromatic carbocycles. The van der Waals surface area contributed by atoms with Crippen molar-refractivity contribution in [3.63, 3.8) is 0 Å². The Morgan fingerprint density at radius 1 is 1.24 bits per heavy atom. The number of carboxylic acids is 1. The van der Waals surface area contributed by atoms with Gasteiger partial charge in [-0.1, -0.05) is 23.2 Å². The van der Waals surface area contributed by atoms with Crippen molar-refractivity contribution in [3.05, 3.63) is 62.7 Å². The van der Waals surface area contributed by atoms with Gasteiger partial charge in [0.1, 0.15) is 17.1 Å². The van der Waals surface area contributed by atoms with Crippen LogP contribution in [0.15, 0.2) is 36.4 Å². The first-order chi connectivity index (χ1) is 9.88. The highest BCUT2D eigenvalue weighted by atomic mass is 35.5. The van der Waals surface area contributed by atoms with Crippen molar-refractivity contribution in [1.82, 2.24) is 0 Å². The maximum absolute atomic E-state index is 11.2. The molecule has 0 aliphatic heterocycles. The lowest BCUT2D eigenvalue weighted by molar-refractivity contribution is -0.384. The largest absolute Gasteiger partial charge is 0.478 e. The van der Waals surface area contributed by atoms with E-state index in [2.05, 4.69) is 0 Å². The highest BCUT2D eigenvalue weighted by Crippen LogP contribution is 2.34. The average molecular weight is 308 g/mol. The van der Waals surface area contributed by atoms with Crippen LogP contribution in [0.5, 0.6) is 11.5 Å². The molecule has 6 nitrogen and oxygen atoms in total. The zero-order valence-corrected chi connectivity index (χ0v) is 11.6. The van der Waals surface area contributed by atoms with E-state index in [-0.39, 0.29) is 27.8 Å². The van der Waals surface area contributed by atoms with Crippen molar-refractivity contribution in [2.75, 3.05) is 0 Å². The summed E-state index contributed by atoms with van der Waals surface area (Å²) in [6, 6.07) is 8.38. The van der Waals surface area contributed by atoms with Crippen LogP contribution in [0.2, 0.25) is 5.02 Å². The molecule has 0 saturated heterocycles. The van der Waals surface area contributed by atoms with Crippen LogP contribution in [0.1, 0.15) is 15.9 Å². The van der Waals surface area contributed by atoms with Crippen LogP contribution in [-0.4, -0.2) is 16.0 Å². The molecule has 0 amide bonds. The fourth-order valence-electron chi connectivity index (χ4n) is 1.70. The zero-order chi connectivity index (χ0) is 15.6. The van der Waals surface area contributed by atoms with Crippen molar-refractivity contribution in [3.8, 4) is 11.5 Å². The molecule has 2 rings (SSSR count). The van der Waals surface area contributed by atoms with E-state index in [1.165, 1.54) is 24.3 Å². The summed E-state index contributed by atoms with van der Waals surface area (Å²) < 4.78 is 5.46. The highest BCUT2D eigenvalue weighted by molar-refractivity contribution is 6.32. The SMILES string of the molecule is Cc1ccc(Oc2ccc([N+](=O)[O-])cc2Cl)c(C(=O)O)c1. The van der Waals surface area contributed by atoms with Gasteiger partial charge in [0, 0.05) is 12.1 Å². The molecule has 2 aromatic rings. The maximum atomic E-state index is 11.2. The minimum Gasteiger partial charge on any atom is -0.478 e. The number of carboxylic acid groups (broad SMARTS) is 1. The van der Waals surface area contributed by atoms with E-state index in [9.17, 15) is 14.9 Å². The topological polar surface area (TPSA) is 89.7 Å². The third-order valence-corrected chi connectivity index (χ3v) is 3.01. The second-order valence-electron chi connectivity index (χ2n) is 4.28. The summed E-state index contributed by atoms with van der Waals surface area (Å²) in [5.74, 6) is -0.871. The van der Waals surface area contributed by atoms with Gasteiger partial charge in [0.25, 0.3) is 5.69 Å². The van der Waals surface area contributed by atoms with Gasteiger partial charge in [-0.25, -0.2) is 4.79 Å². The Morgan fingerprint density at radius 3 is 2.48 bits per heavy atom. The standard InChI is InChI=1S/C14H10ClNO5/c1-8-2-4-12(10(6-8)14(17)18)21-13-5-3-9(16(19)20)7-11(13)15/h2-7H,1H3,(H,17,18). The molecule has 0 saturated carbocycles. The number of aromatic carboxylic acids is 1. The number of carbonyl (C=O) groups is 1. The summed E-state index contributed by atoms with van der Waals surface area (Å²) in [7, 11) is 0. The molecule has 21 heavy (non-hydrogen) atoms. The Kier molecular flexibility index (Phi) is 4.09. The van der Waals surface area contributed by atoms with E-state index >= 15 is 0 Å². The minimum absolute atomic E-state index is 0.00980. The lowest BCUT2D eigenvalue weighted by atomic mass is 10.1. The summed E-state index contributed by atoms with van der Waals surface area (Å²) >= 11 is 5.91. The third-order valence-electron chi connectivity index (χ3n) is 2.71. The molecule has 1 N–H and O–H groups in total. The third kappa shape index (κ3) is 3.29. The van der Waals surface area contributed by atoms with Gasteiger partial charge < -0.3 is 9.84 Å². The minimum atomic E-state index is -1.13. The van der Waals surface area contributed by atoms with E-state index in [1.54, 1.807) is 13.0 Å². The molecule has 0 radical (unpaired) electrons. The van der Waals surface area contributed by atoms with Crippen molar-refractivity contribution in [1.29, 1.82) is 0 Å². The fourth-order valence-corrected chi connectivity index (χ4v) is 1.92. The number of halogens is 1. The first-order valence-corrected chi connectivity index (χ1v) is 6.22. The number of nitro groups is 1. The van der Waals surface area contributed by atoms with Crippen LogP contribution >= 0.6 is 11.6 Å². The summed E-state index contributed by atoms with van der Waals surface area (Å²) in [6.07, 6.45) is 0. The molecule has 0 aliphatic rings.